The van der Waals surface area contributed by atoms with E-state index < -0.39 is 0 Å². The Balaban J connectivity index is 1.51. The molecule has 0 aliphatic carbocycles. The number of aryl methyl sites for hydroxylation is 2. The van der Waals surface area contributed by atoms with Crippen molar-refractivity contribution in [2.24, 2.45) is 0 Å². The summed E-state index contributed by atoms with van der Waals surface area (Å²) in [5, 5.41) is 13.3. The van der Waals surface area contributed by atoms with Crippen LogP contribution in [0.5, 0.6) is 5.75 Å². The van der Waals surface area contributed by atoms with Crippen LogP contribution in [0.2, 0.25) is 0 Å². The van der Waals surface area contributed by atoms with Gasteiger partial charge >= 0.3 is 0 Å². The molecule has 2 aromatic heterocycles. The van der Waals surface area contributed by atoms with Crippen molar-refractivity contribution in [2.45, 2.75) is 45.7 Å². The van der Waals surface area contributed by atoms with Crippen LogP contribution in [0.25, 0.3) is 0 Å². The minimum Gasteiger partial charge on any atom is -0.496 e. The van der Waals surface area contributed by atoms with Gasteiger partial charge in [0, 0.05) is 12.1 Å². The van der Waals surface area contributed by atoms with Crippen LogP contribution in [0.4, 0.5) is 10.9 Å². The highest BCUT2D eigenvalue weighted by atomic mass is 32.1. The predicted octanol–water partition coefficient (Wildman–Crippen LogP) is 4.29. The molecule has 1 aliphatic rings. The summed E-state index contributed by atoms with van der Waals surface area (Å²) in [6, 6.07) is 6.64. The lowest BCUT2D eigenvalue weighted by molar-refractivity contribution is 0.240. The first kappa shape index (κ1) is 19.7. The molecule has 29 heavy (non-hydrogen) atoms. The molecule has 1 N–H and O–H groups in total. The number of nitrogens with zero attached hydrogens (tertiary/aromatic N) is 5. The molecule has 3 heterocycles. The molecule has 1 atom stereocenters. The smallest absolute Gasteiger partial charge is 0.211 e. The van der Waals surface area contributed by atoms with Gasteiger partial charge in [0.15, 0.2) is 5.82 Å². The Bertz CT molecular complexity index is 975. The molecule has 1 aliphatic heterocycles. The minimum absolute atomic E-state index is 0.246. The van der Waals surface area contributed by atoms with Gasteiger partial charge in [0.25, 0.3) is 0 Å². The van der Waals surface area contributed by atoms with Crippen LogP contribution in [0.3, 0.4) is 0 Å². The zero-order chi connectivity index (χ0) is 20.2. The molecule has 1 fully saturated rings. The number of hydrogen-bond acceptors (Lipinski definition) is 8. The molecule has 1 unspecified atom stereocenters. The van der Waals surface area contributed by atoms with Crippen molar-refractivity contribution >= 4 is 22.3 Å². The molecule has 8 heteroatoms. The first-order valence-electron chi connectivity index (χ1n) is 9.95. The number of aromatic nitrogens is 4. The maximum atomic E-state index is 5.60. The first-order chi connectivity index (χ1) is 14.2. The number of ether oxygens (including phenoxy) is 1. The lowest BCUT2D eigenvalue weighted by Crippen LogP contribution is -2.24. The average molecular weight is 411 g/mol. The van der Waals surface area contributed by atoms with Crippen LogP contribution in [-0.2, 0) is 13.0 Å². The standard InChI is InChI=1S/C21H26N6OS/c1-4-20-25-26-21(29-20)24-19-12-22-11-16(23-19)17-6-5-9-27(17)13-15-8-7-14(2)10-18(15)28-3/h7-8,10-12,17H,4-6,9,13H2,1-3H3,(H,23,24,26). The number of methoxy groups -OCH3 is 1. The number of hydrogen-bond donors (Lipinski definition) is 1. The third-order valence-corrected chi connectivity index (χ3v) is 6.16. The van der Waals surface area contributed by atoms with Gasteiger partial charge in [-0.05, 0) is 44.4 Å². The van der Waals surface area contributed by atoms with E-state index in [9.17, 15) is 0 Å². The topological polar surface area (TPSA) is 76.1 Å². The van der Waals surface area contributed by atoms with Gasteiger partial charge in [-0.2, -0.15) is 0 Å². The Labute approximate surface area is 175 Å². The van der Waals surface area contributed by atoms with Gasteiger partial charge in [0.2, 0.25) is 5.13 Å². The first-order valence-corrected chi connectivity index (χ1v) is 10.8. The number of likely N-dealkylation sites (tertiary alicyclic amines) is 1. The Kier molecular flexibility index (Phi) is 6.01. The monoisotopic (exact) mass is 410 g/mol. The predicted molar refractivity (Wildman–Crippen MR) is 115 cm³/mol. The van der Waals surface area contributed by atoms with Crippen molar-refractivity contribution in [3.05, 3.63) is 52.4 Å². The quantitative estimate of drug-likeness (QED) is 0.623. The molecular weight excluding hydrogens is 384 g/mol. The summed E-state index contributed by atoms with van der Waals surface area (Å²) in [6.07, 6.45) is 6.71. The molecule has 1 saturated heterocycles. The third-order valence-electron chi connectivity index (χ3n) is 5.18. The van der Waals surface area contributed by atoms with E-state index in [1.54, 1.807) is 24.6 Å². The summed E-state index contributed by atoms with van der Waals surface area (Å²) < 4.78 is 5.60. The molecule has 0 saturated carbocycles. The van der Waals surface area contributed by atoms with Crippen molar-refractivity contribution in [2.75, 3.05) is 19.0 Å². The molecule has 152 valence electrons. The van der Waals surface area contributed by atoms with E-state index in [1.807, 2.05) is 6.20 Å². The number of benzene rings is 1. The second kappa shape index (κ2) is 8.84. The van der Waals surface area contributed by atoms with E-state index in [1.165, 1.54) is 11.1 Å². The van der Waals surface area contributed by atoms with Gasteiger partial charge in [0.05, 0.1) is 31.2 Å². The Hall–Kier alpha value is -2.58. The van der Waals surface area contributed by atoms with Gasteiger partial charge in [-0.1, -0.05) is 30.4 Å². The van der Waals surface area contributed by atoms with Crippen LogP contribution in [-0.4, -0.2) is 38.7 Å². The summed E-state index contributed by atoms with van der Waals surface area (Å²) in [5.74, 6) is 1.65. The summed E-state index contributed by atoms with van der Waals surface area (Å²) in [4.78, 5) is 11.7. The minimum atomic E-state index is 0.246. The van der Waals surface area contributed by atoms with Gasteiger partial charge < -0.3 is 10.1 Å². The van der Waals surface area contributed by atoms with E-state index in [2.05, 4.69) is 57.4 Å². The molecule has 0 bridgehead atoms. The van der Waals surface area contributed by atoms with E-state index in [4.69, 9.17) is 9.72 Å². The SMILES string of the molecule is CCc1nnc(Nc2cncc(C3CCCN3Cc3ccc(C)cc3OC)n2)s1. The molecular formula is C21H26N6OS. The van der Waals surface area contributed by atoms with Crippen molar-refractivity contribution in [1.29, 1.82) is 0 Å². The number of nitrogens with one attached hydrogen (secondary N) is 1. The molecule has 0 radical (unpaired) electrons. The molecule has 3 aromatic rings. The Morgan fingerprint density at radius 1 is 1.28 bits per heavy atom. The highest BCUT2D eigenvalue weighted by Gasteiger charge is 2.28. The second-order valence-electron chi connectivity index (χ2n) is 7.25. The lowest BCUT2D eigenvalue weighted by atomic mass is 10.1. The molecule has 0 amide bonds. The lowest BCUT2D eigenvalue weighted by Gasteiger charge is -2.25. The van der Waals surface area contributed by atoms with Crippen LogP contribution < -0.4 is 10.1 Å². The van der Waals surface area contributed by atoms with Crippen LogP contribution in [0.15, 0.2) is 30.6 Å². The number of anilines is 2. The van der Waals surface area contributed by atoms with Crippen molar-refractivity contribution in [3.63, 3.8) is 0 Å². The van der Waals surface area contributed by atoms with Crippen LogP contribution in [0.1, 0.15) is 47.6 Å². The highest BCUT2D eigenvalue weighted by Crippen LogP contribution is 2.34. The average Bonchev–Trinajstić information content (AvgIpc) is 3.39. The van der Waals surface area contributed by atoms with Crippen molar-refractivity contribution in [3.8, 4) is 5.75 Å². The van der Waals surface area contributed by atoms with Crippen LogP contribution in [0, 0.1) is 6.92 Å². The Morgan fingerprint density at radius 2 is 2.17 bits per heavy atom. The summed E-state index contributed by atoms with van der Waals surface area (Å²) in [6.45, 7) is 6.03. The fraction of sp³-hybridized carbons (Fsp3) is 0.429. The van der Waals surface area contributed by atoms with Crippen LogP contribution >= 0.6 is 11.3 Å². The normalized spacial score (nSPS) is 16.9. The van der Waals surface area contributed by atoms with Gasteiger partial charge in [-0.15, -0.1) is 10.2 Å². The fourth-order valence-corrected chi connectivity index (χ4v) is 4.40. The molecule has 1 aromatic carbocycles. The second-order valence-corrected chi connectivity index (χ2v) is 8.31. The largest absolute Gasteiger partial charge is 0.496 e. The van der Waals surface area contributed by atoms with E-state index >= 15 is 0 Å². The van der Waals surface area contributed by atoms with Gasteiger partial charge in [0.1, 0.15) is 10.8 Å². The van der Waals surface area contributed by atoms with Gasteiger partial charge in [-0.3, -0.25) is 9.88 Å². The molecule has 7 nitrogen and oxygen atoms in total. The van der Waals surface area contributed by atoms with Crippen molar-refractivity contribution in [1.82, 2.24) is 25.1 Å². The summed E-state index contributed by atoms with van der Waals surface area (Å²) in [7, 11) is 1.73. The van der Waals surface area contributed by atoms with Gasteiger partial charge in [-0.25, -0.2) is 4.98 Å². The Morgan fingerprint density at radius 3 is 2.97 bits per heavy atom. The highest BCUT2D eigenvalue weighted by molar-refractivity contribution is 7.15. The summed E-state index contributed by atoms with van der Waals surface area (Å²) in [5.41, 5.74) is 3.39. The van der Waals surface area contributed by atoms with E-state index in [0.29, 0.717) is 5.82 Å². The zero-order valence-corrected chi connectivity index (χ0v) is 17.9. The van der Waals surface area contributed by atoms with E-state index in [0.717, 1.165) is 53.9 Å². The van der Waals surface area contributed by atoms with Crippen molar-refractivity contribution < 1.29 is 4.74 Å². The maximum Gasteiger partial charge on any atom is 0.211 e. The van der Waals surface area contributed by atoms with E-state index in [-0.39, 0.29) is 6.04 Å². The zero-order valence-electron chi connectivity index (χ0n) is 17.1. The fourth-order valence-electron chi connectivity index (χ4n) is 3.71. The number of rotatable bonds is 7. The summed E-state index contributed by atoms with van der Waals surface area (Å²) >= 11 is 1.55. The maximum absolute atomic E-state index is 5.60. The molecule has 0 spiro atoms. The third kappa shape index (κ3) is 4.54. The molecule has 4 rings (SSSR count).